The van der Waals surface area contributed by atoms with Crippen LogP contribution in [0.15, 0.2) is 41.6 Å². The molecule has 0 saturated carbocycles. The van der Waals surface area contributed by atoms with Crippen LogP contribution in [0.1, 0.15) is 34.0 Å². The largest absolute Gasteiger partial charge is 0.371 e. The third-order valence-corrected chi connectivity index (χ3v) is 6.28. The van der Waals surface area contributed by atoms with Gasteiger partial charge in [0.15, 0.2) is 12.0 Å². The highest BCUT2D eigenvalue weighted by Crippen LogP contribution is 2.26. The summed E-state index contributed by atoms with van der Waals surface area (Å²) in [4.78, 5) is 21.4. The molecule has 1 fully saturated rings. The van der Waals surface area contributed by atoms with E-state index in [1.165, 1.54) is 5.01 Å². The number of aryl methyl sites for hydroxylation is 1. The molecule has 2 unspecified atom stereocenters. The summed E-state index contributed by atoms with van der Waals surface area (Å²) in [5, 5.41) is 25.7. The molecule has 4 rings (SSSR count). The number of carbonyl (C=O) groups excluding carboxylic acids is 1. The van der Waals surface area contributed by atoms with Gasteiger partial charge >= 0.3 is 0 Å². The van der Waals surface area contributed by atoms with E-state index < -0.39 is 6.23 Å². The molecule has 32 heavy (non-hydrogen) atoms. The molecule has 2 aliphatic rings. The van der Waals surface area contributed by atoms with Gasteiger partial charge in [0.1, 0.15) is 0 Å². The molecule has 2 aliphatic heterocycles. The number of piperazine rings is 1. The molecule has 0 bridgehead atoms. The minimum atomic E-state index is -0.846. The number of benzene rings is 1. The number of rotatable bonds is 5. The molecule has 1 aromatic heterocycles. The zero-order valence-corrected chi connectivity index (χ0v) is 18.5. The number of aliphatic hydroxyl groups is 1. The Hall–Kier alpha value is -3.28. The van der Waals surface area contributed by atoms with Gasteiger partial charge in [-0.05, 0) is 55.3 Å². The first-order valence-corrected chi connectivity index (χ1v) is 11.0. The third-order valence-electron chi connectivity index (χ3n) is 6.28. The van der Waals surface area contributed by atoms with Crippen molar-refractivity contribution in [2.45, 2.75) is 26.5 Å². The molecule has 2 atom stereocenters. The van der Waals surface area contributed by atoms with Gasteiger partial charge in [0, 0.05) is 44.5 Å². The quantitative estimate of drug-likeness (QED) is 0.777. The van der Waals surface area contributed by atoms with E-state index in [0.717, 1.165) is 43.9 Å². The second-order valence-corrected chi connectivity index (χ2v) is 8.28. The van der Waals surface area contributed by atoms with Gasteiger partial charge < -0.3 is 14.9 Å². The number of likely N-dealkylation sites (N-methyl/N-ethyl adjacent to an activating group) is 1. The number of pyridine rings is 1. The van der Waals surface area contributed by atoms with Crippen LogP contribution in [0.3, 0.4) is 0 Å². The van der Waals surface area contributed by atoms with Crippen molar-refractivity contribution in [1.82, 2.24) is 14.8 Å². The first kappa shape index (κ1) is 21.9. The first-order valence-electron chi connectivity index (χ1n) is 11.0. The van der Waals surface area contributed by atoms with Crippen molar-refractivity contribution < 1.29 is 9.90 Å². The van der Waals surface area contributed by atoms with Gasteiger partial charge in [-0.2, -0.15) is 10.4 Å². The normalized spacial score (nSPS) is 21.1. The van der Waals surface area contributed by atoms with E-state index in [4.69, 9.17) is 5.26 Å². The lowest BCUT2D eigenvalue weighted by atomic mass is 9.95. The lowest BCUT2D eigenvalue weighted by molar-refractivity contribution is 0.0643. The number of nitrogens with zero attached hydrogens (tertiary/aromatic N) is 6. The number of aromatic nitrogens is 1. The van der Waals surface area contributed by atoms with Gasteiger partial charge in [0.2, 0.25) is 0 Å². The lowest BCUT2D eigenvalue weighted by Gasteiger charge is -2.34. The standard InChI is InChI=1S/C24H28N6O2/c1-3-28-8-10-29(11-9-28)23(31)20-6-7-22(26-15-20)30-24(32)21(16-27-30)13-19-5-4-18(14-25)12-17(19)2/h4-7,12,15-16,21,24,32H,3,8-11,13H2,1-2H3. The first-order chi connectivity index (χ1) is 15.5. The zero-order valence-electron chi connectivity index (χ0n) is 18.5. The molecule has 3 heterocycles. The Labute approximate surface area is 188 Å². The van der Waals surface area contributed by atoms with Gasteiger partial charge in [-0.1, -0.05) is 13.0 Å². The Kier molecular flexibility index (Phi) is 6.49. The maximum Gasteiger partial charge on any atom is 0.255 e. The lowest BCUT2D eigenvalue weighted by Crippen LogP contribution is -2.48. The number of hydrogen-bond donors (Lipinski definition) is 1. The van der Waals surface area contributed by atoms with E-state index in [0.29, 0.717) is 23.4 Å². The fourth-order valence-electron chi connectivity index (χ4n) is 4.18. The van der Waals surface area contributed by atoms with Crippen molar-refractivity contribution in [2.75, 3.05) is 37.7 Å². The number of anilines is 1. The Balaban J connectivity index is 1.39. The maximum absolute atomic E-state index is 12.8. The van der Waals surface area contributed by atoms with Crippen molar-refractivity contribution in [3.05, 3.63) is 58.8 Å². The summed E-state index contributed by atoms with van der Waals surface area (Å²) in [5.74, 6) is 0.291. The van der Waals surface area contributed by atoms with Gasteiger partial charge in [-0.25, -0.2) is 9.99 Å². The number of amides is 1. The predicted molar refractivity (Wildman–Crippen MR) is 122 cm³/mol. The van der Waals surface area contributed by atoms with Crippen LogP contribution in [0.5, 0.6) is 0 Å². The summed E-state index contributed by atoms with van der Waals surface area (Å²) in [6.45, 7) is 8.32. The molecule has 166 valence electrons. The summed E-state index contributed by atoms with van der Waals surface area (Å²) in [6.07, 6.45) is 3.06. The number of carbonyl (C=O) groups is 1. The molecular weight excluding hydrogens is 404 g/mol. The van der Waals surface area contributed by atoms with E-state index >= 15 is 0 Å². The highest BCUT2D eigenvalue weighted by atomic mass is 16.3. The molecule has 2 aromatic rings. The Morgan fingerprint density at radius 2 is 2.00 bits per heavy atom. The molecule has 1 N–H and O–H groups in total. The highest BCUT2D eigenvalue weighted by molar-refractivity contribution is 5.94. The van der Waals surface area contributed by atoms with E-state index in [2.05, 4.69) is 28.0 Å². The predicted octanol–water partition coefficient (Wildman–Crippen LogP) is 2.02. The Morgan fingerprint density at radius 1 is 1.22 bits per heavy atom. The van der Waals surface area contributed by atoms with E-state index in [9.17, 15) is 9.90 Å². The van der Waals surface area contributed by atoms with Crippen molar-refractivity contribution in [3.8, 4) is 6.07 Å². The minimum absolute atomic E-state index is 0.0144. The highest BCUT2D eigenvalue weighted by Gasteiger charge is 2.31. The number of aliphatic hydroxyl groups excluding tert-OH is 1. The van der Waals surface area contributed by atoms with Crippen molar-refractivity contribution >= 4 is 17.9 Å². The van der Waals surface area contributed by atoms with Gasteiger partial charge in [0.05, 0.1) is 17.2 Å². The topological polar surface area (TPSA) is 96.1 Å². The molecule has 0 spiro atoms. The van der Waals surface area contributed by atoms with Crippen LogP contribution < -0.4 is 5.01 Å². The average molecular weight is 433 g/mol. The monoisotopic (exact) mass is 432 g/mol. The summed E-state index contributed by atoms with van der Waals surface area (Å²) < 4.78 is 0. The van der Waals surface area contributed by atoms with Crippen molar-refractivity contribution in [1.29, 1.82) is 5.26 Å². The van der Waals surface area contributed by atoms with Crippen LogP contribution in [0.2, 0.25) is 0 Å². The summed E-state index contributed by atoms with van der Waals surface area (Å²) in [6, 6.07) is 11.2. The molecule has 1 saturated heterocycles. The summed E-state index contributed by atoms with van der Waals surface area (Å²) >= 11 is 0. The number of hydrogen-bond acceptors (Lipinski definition) is 7. The van der Waals surface area contributed by atoms with Crippen LogP contribution in [0.25, 0.3) is 0 Å². The molecular formula is C24H28N6O2. The zero-order chi connectivity index (χ0) is 22.7. The summed E-state index contributed by atoms with van der Waals surface area (Å²) in [5.41, 5.74) is 3.25. The van der Waals surface area contributed by atoms with Crippen LogP contribution >= 0.6 is 0 Å². The van der Waals surface area contributed by atoms with E-state index in [1.54, 1.807) is 30.6 Å². The van der Waals surface area contributed by atoms with E-state index in [1.807, 2.05) is 24.0 Å². The Bertz CT molecular complexity index is 1040. The molecule has 1 aromatic carbocycles. The fraction of sp³-hybridized carbons (Fsp3) is 0.417. The van der Waals surface area contributed by atoms with Gasteiger partial charge in [-0.15, -0.1) is 0 Å². The third kappa shape index (κ3) is 4.49. The second-order valence-electron chi connectivity index (χ2n) is 8.28. The maximum atomic E-state index is 12.8. The van der Waals surface area contributed by atoms with Crippen LogP contribution in [-0.2, 0) is 6.42 Å². The van der Waals surface area contributed by atoms with Gasteiger partial charge in [0.25, 0.3) is 5.91 Å². The number of hydrazone groups is 1. The van der Waals surface area contributed by atoms with E-state index in [-0.39, 0.29) is 11.8 Å². The van der Waals surface area contributed by atoms with Gasteiger partial charge in [-0.3, -0.25) is 4.79 Å². The Morgan fingerprint density at radius 3 is 2.62 bits per heavy atom. The SMILES string of the molecule is CCN1CCN(C(=O)c2ccc(N3N=CC(Cc4ccc(C#N)cc4C)C3O)nc2)CC1. The summed E-state index contributed by atoms with van der Waals surface area (Å²) in [7, 11) is 0. The van der Waals surface area contributed by atoms with Crippen molar-refractivity contribution in [3.63, 3.8) is 0 Å². The smallest absolute Gasteiger partial charge is 0.255 e. The van der Waals surface area contributed by atoms with Crippen molar-refractivity contribution in [2.24, 2.45) is 11.0 Å². The second kappa shape index (κ2) is 9.47. The minimum Gasteiger partial charge on any atom is -0.371 e. The van der Waals surface area contributed by atoms with Crippen LogP contribution in [0.4, 0.5) is 5.82 Å². The molecule has 8 nitrogen and oxygen atoms in total. The number of nitriles is 1. The van der Waals surface area contributed by atoms with Crippen LogP contribution in [-0.4, -0.2) is 71.0 Å². The molecule has 0 radical (unpaired) electrons. The fourth-order valence-corrected chi connectivity index (χ4v) is 4.18. The van der Waals surface area contributed by atoms with Crippen LogP contribution in [0, 0.1) is 24.2 Å². The molecule has 1 amide bonds. The molecule has 8 heteroatoms. The average Bonchev–Trinajstić information content (AvgIpc) is 3.20. The molecule has 0 aliphatic carbocycles.